The Labute approximate surface area is 218 Å². The number of carbonyl (C=O) groups is 6. The van der Waals surface area contributed by atoms with E-state index >= 15 is 0 Å². The predicted molar refractivity (Wildman–Crippen MR) is 130 cm³/mol. The number of rotatable bonds is 10. The molecule has 0 fully saturated rings. The maximum Gasteiger partial charge on any atom is 0.426 e. The molecule has 12 heteroatoms. The number of esters is 1. The van der Waals surface area contributed by atoms with Gasteiger partial charge in [0, 0.05) is 6.42 Å². The lowest BCUT2D eigenvalue weighted by atomic mass is 10.1. The summed E-state index contributed by atoms with van der Waals surface area (Å²) in [5.74, 6) is -4.84. The van der Waals surface area contributed by atoms with Gasteiger partial charge in [-0.15, -0.1) is 0 Å². The number of hydrogen-bond donors (Lipinski definition) is 2. The summed E-state index contributed by atoms with van der Waals surface area (Å²) in [5, 5.41) is 9.84. The van der Waals surface area contributed by atoms with E-state index in [2.05, 4.69) is 5.43 Å². The van der Waals surface area contributed by atoms with Crippen molar-refractivity contribution in [3.05, 3.63) is 71.3 Å². The van der Waals surface area contributed by atoms with E-state index in [-0.39, 0.29) is 24.3 Å². The number of carboxylic acid groups (broad SMARTS) is 1. The van der Waals surface area contributed by atoms with Gasteiger partial charge in [0.1, 0.15) is 18.7 Å². The van der Waals surface area contributed by atoms with Crippen LogP contribution in [0.2, 0.25) is 0 Å². The minimum Gasteiger partial charge on any atom is -0.481 e. The number of fused-ring (bicyclic) bond motifs is 1. The Balaban J connectivity index is 1.90. The number of nitrogens with one attached hydrogen (secondary N) is 1. The SMILES string of the molecule is CCOC(=O)C(C)N(NC(=O)OCc1ccccc1)C(=O)C(CCC(=O)O)N1C(=O)c2ccccc2C1=O. The van der Waals surface area contributed by atoms with Crippen LogP contribution in [0.25, 0.3) is 0 Å². The van der Waals surface area contributed by atoms with Crippen LogP contribution in [0, 0.1) is 0 Å². The van der Waals surface area contributed by atoms with Gasteiger partial charge in [0.25, 0.3) is 17.7 Å². The molecular formula is C26H27N3O9. The lowest BCUT2D eigenvalue weighted by Gasteiger charge is -2.33. The average molecular weight is 526 g/mol. The lowest BCUT2D eigenvalue weighted by Crippen LogP contribution is -2.60. The molecule has 12 nitrogen and oxygen atoms in total. The van der Waals surface area contributed by atoms with Crippen LogP contribution in [0.5, 0.6) is 0 Å². The lowest BCUT2D eigenvalue weighted by molar-refractivity contribution is -0.158. The molecule has 3 rings (SSSR count). The molecule has 0 spiro atoms. The van der Waals surface area contributed by atoms with Gasteiger partial charge in [-0.25, -0.2) is 20.0 Å². The van der Waals surface area contributed by atoms with Crippen LogP contribution >= 0.6 is 0 Å². The van der Waals surface area contributed by atoms with Crippen LogP contribution in [0.1, 0.15) is 53.0 Å². The second-order valence-electron chi connectivity index (χ2n) is 8.28. The van der Waals surface area contributed by atoms with Crippen molar-refractivity contribution in [1.29, 1.82) is 0 Å². The van der Waals surface area contributed by atoms with Crippen molar-refractivity contribution >= 4 is 35.8 Å². The van der Waals surface area contributed by atoms with Crippen LogP contribution in [0.3, 0.4) is 0 Å². The quantitative estimate of drug-likeness (QED) is 0.269. The number of aliphatic carboxylic acids is 1. The van der Waals surface area contributed by atoms with Crippen LogP contribution in [0.15, 0.2) is 54.6 Å². The van der Waals surface area contributed by atoms with Crippen LogP contribution in [0.4, 0.5) is 4.79 Å². The summed E-state index contributed by atoms with van der Waals surface area (Å²) < 4.78 is 10.1. The molecule has 1 heterocycles. The van der Waals surface area contributed by atoms with Crippen molar-refractivity contribution in [1.82, 2.24) is 15.3 Å². The van der Waals surface area contributed by atoms with Gasteiger partial charge in [-0.3, -0.25) is 24.1 Å². The summed E-state index contributed by atoms with van der Waals surface area (Å²) in [6.45, 7) is 2.64. The first-order valence-electron chi connectivity index (χ1n) is 11.8. The highest BCUT2D eigenvalue weighted by Gasteiger charge is 2.45. The Morgan fingerprint density at radius 3 is 2.08 bits per heavy atom. The van der Waals surface area contributed by atoms with Gasteiger partial charge in [-0.1, -0.05) is 42.5 Å². The van der Waals surface area contributed by atoms with Gasteiger partial charge < -0.3 is 14.6 Å². The molecule has 2 aromatic carbocycles. The molecule has 0 saturated heterocycles. The molecule has 1 aliphatic rings. The van der Waals surface area contributed by atoms with E-state index in [9.17, 15) is 33.9 Å². The minimum atomic E-state index is -1.65. The number of nitrogens with zero attached hydrogens (tertiary/aromatic N) is 2. The van der Waals surface area contributed by atoms with Crippen molar-refractivity contribution in [3.63, 3.8) is 0 Å². The van der Waals surface area contributed by atoms with Crippen LogP contribution < -0.4 is 5.43 Å². The summed E-state index contributed by atoms with van der Waals surface area (Å²) in [7, 11) is 0. The number of benzene rings is 2. The number of imide groups is 1. The van der Waals surface area contributed by atoms with Gasteiger partial charge in [0.05, 0.1) is 17.7 Å². The van der Waals surface area contributed by atoms with Gasteiger partial charge >= 0.3 is 18.0 Å². The highest BCUT2D eigenvalue weighted by molar-refractivity contribution is 6.23. The summed E-state index contributed by atoms with van der Waals surface area (Å²) in [6.07, 6.45) is -2.14. The van der Waals surface area contributed by atoms with E-state index in [1.54, 1.807) is 49.4 Å². The second-order valence-corrected chi connectivity index (χ2v) is 8.28. The number of carbonyl (C=O) groups excluding carboxylic acids is 5. The summed E-state index contributed by atoms with van der Waals surface area (Å²) in [5.41, 5.74) is 2.94. The third-order valence-corrected chi connectivity index (χ3v) is 5.73. The van der Waals surface area contributed by atoms with Gasteiger partial charge in [-0.05, 0) is 38.0 Å². The number of carboxylic acids is 1. The van der Waals surface area contributed by atoms with Crippen molar-refractivity contribution < 1.29 is 43.3 Å². The van der Waals surface area contributed by atoms with E-state index < -0.39 is 60.7 Å². The zero-order chi connectivity index (χ0) is 27.8. The molecule has 1 aliphatic heterocycles. The third-order valence-electron chi connectivity index (χ3n) is 5.73. The zero-order valence-electron chi connectivity index (χ0n) is 20.8. The van der Waals surface area contributed by atoms with Crippen LogP contribution in [-0.4, -0.2) is 69.5 Å². The molecule has 0 saturated carbocycles. The zero-order valence-corrected chi connectivity index (χ0v) is 20.8. The fourth-order valence-electron chi connectivity index (χ4n) is 3.84. The molecule has 2 atom stereocenters. The second kappa shape index (κ2) is 12.5. The normalized spacial score (nSPS) is 13.8. The van der Waals surface area contributed by atoms with E-state index in [1.807, 2.05) is 0 Å². The molecule has 200 valence electrons. The maximum atomic E-state index is 13.8. The first-order chi connectivity index (χ1) is 18.1. The van der Waals surface area contributed by atoms with Crippen molar-refractivity contribution in [2.45, 2.75) is 45.4 Å². The summed E-state index contributed by atoms with van der Waals surface area (Å²) in [4.78, 5) is 77.1. The molecule has 2 N–H and O–H groups in total. The molecule has 0 aromatic heterocycles. The number of hydrogen-bond acceptors (Lipinski definition) is 8. The summed E-state index contributed by atoms with van der Waals surface area (Å²) in [6, 6.07) is 11.5. The molecule has 0 radical (unpaired) electrons. The molecule has 4 amide bonds. The van der Waals surface area contributed by atoms with Gasteiger partial charge in [-0.2, -0.15) is 0 Å². The first-order valence-corrected chi connectivity index (χ1v) is 11.8. The molecular weight excluding hydrogens is 498 g/mol. The third kappa shape index (κ3) is 6.33. The van der Waals surface area contributed by atoms with Gasteiger partial charge in [0.2, 0.25) is 0 Å². The van der Waals surface area contributed by atoms with E-state index in [0.29, 0.717) is 15.5 Å². The van der Waals surface area contributed by atoms with Crippen LogP contribution in [-0.2, 0) is 30.5 Å². The van der Waals surface area contributed by atoms with E-state index in [4.69, 9.17) is 9.47 Å². The standard InChI is InChI=1S/C26H27N3O9/c1-3-37-25(35)16(2)29(27-26(36)38-15-17-9-5-4-6-10-17)24(34)20(13-14-21(30)31)28-22(32)18-11-7-8-12-19(18)23(28)33/h4-12,16,20H,3,13-15H2,1-2H3,(H,27,36)(H,30,31). The minimum absolute atomic E-state index is 0.0233. The molecule has 38 heavy (non-hydrogen) atoms. The largest absolute Gasteiger partial charge is 0.481 e. The first kappa shape index (κ1) is 27.8. The molecule has 2 aromatic rings. The fourth-order valence-corrected chi connectivity index (χ4v) is 3.84. The van der Waals surface area contributed by atoms with Crippen molar-refractivity contribution in [3.8, 4) is 0 Å². The topological polar surface area (TPSA) is 160 Å². The number of hydrazine groups is 1. The predicted octanol–water partition coefficient (Wildman–Crippen LogP) is 2.14. The number of ether oxygens (including phenoxy) is 2. The Hall–Kier alpha value is -4.74. The van der Waals surface area contributed by atoms with E-state index in [1.165, 1.54) is 19.1 Å². The Kier molecular flexibility index (Phi) is 9.14. The highest BCUT2D eigenvalue weighted by Crippen LogP contribution is 2.27. The Morgan fingerprint density at radius 1 is 0.947 bits per heavy atom. The fraction of sp³-hybridized carbons (Fsp3) is 0.308. The van der Waals surface area contributed by atoms with E-state index in [0.717, 1.165) is 0 Å². The van der Waals surface area contributed by atoms with Crippen molar-refractivity contribution in [2.24, 2.45) is 0 Å². The summed E-state index contributed by atoms with van der Waals surface area (Å²) >= 11 is 0. The monoisotopic (exact) mass is 525 g/mol. The molecule has 0 aliphatic carbocycles. The maximum absolute atomic E-state index is 13.8. The Bertz CT molecular complexity index is 1200. The highest BCUT2D eigenvalue weighted by atomic mass is 16.6. The molecule has 2 unspecified atom stereocenters. The molecule has 0 bridgehead atoms. The average Bonchev–Trinajstić information content (AvgIpc) is 3.16. The number of amides is 4. The van der Waals surface area contributed by atoms with Gasteiger partial charge in [0.15, 0.2) is 0 Å². The Morgan fingerprint density at radius 2 is 1.53 bits per heavy atom. The van der Waals surface area contributed by atoms with Crippen molar-refractivity contribution in [2.75, 3.05) is 6.61 Å². The smallest absolute Gasteiger partial charge is 0.426 e.